The molecule has 0 bridgehead atoms. The summed E-state index contributed by atoms with van der Waals surface area (Å²) in [4.78, 5) is 12.2. The molecule has 2 rings (SSSR count). The van der Waals surface area contributed by atoms with Crippen molar-refractivity contribution in [2.45, 2.75) is 39.8 Å². The van der Waals surface area contributed by atoms with Gasteiger partial charge >= 0.3 is 12.9 Å². The van der Waals surface area contributed by atoms with E-state index in [4.69, 9.17) is 0 Å². The van der Waals surface area contributed by atoms with Gasteiger partial charge in [0, 0.05) is 5.56 Å². The van der Waals surface area contributed by atoms with Crippen LogP contribution in [0.4, 0.5) is 17.3 Å². The van der Waals surface area contributed by atoms with Crippen molar-refractivity contribution in [2.24, 2.45) is 0 Å². The van der Waals surface area contributed by atoms with Crippen LogP contribution >= 0.6 is 0 Å². The van der Waals surface area contributed by atoms with E-state index in [1.165, 1.54) is 9.36 Å². The van der Waals surface area contributed by atoms with Gasteiger partial charge in [-0.2, -0.15) is 4.79 Å². The van der Waals surface area contributed by atoms with E-state index in [0.29, 0.717) is 5.82 Å². The first-order valence-electron chi connectivity index (χ1n) is 7.36. The van der Waals surface area contributed by atoms with Crippen LogP contribution in [-0.2, 0) is 0 Å². The highest BCUT2D eigenvalue weighted by atomic mass is 19.5. The van der Waals surface area contributed by atoms with Crippen molar-refractivity contribution < 1.29 is 21.9 Å². The van der Waals surface area contributed by atoms with Gasteiger partial charge in [0.05, 0.1) is 0 Å². The molecular formula is C14H19BF4N4O. The molecule has 0 unspecified atom stereocenters. The minimum Gasteiger partial charge on any atom is -0.418 e. The van der Waals surface area contributed by atoms with E-state index in [0.717, 1.165) is 5.56 Å². The standard InChI is InChI=1S/C14H19N4O.BF4/c1-10(2)17-14(19)18(11(3)4)16-13(15-17)12-8-6-5-7-9-12;2-1(3,4)5/h5-11H,1-4H3;/q+1;-1. The molecule has 0 aliphatic carbocycles. The fourth-order valence-electron chi connectivity index (χ4n) is 1.79. The zero-order valence-electron chi connectivity index (χ0n) is 13.8. The molecule has 0 N–H and O–H groups in total. The van der Waals surface area contributed by atoms with Crippen molar-refractivity contribution >= 4 is 7.25 Å². The maximum atomic E-state index is 12.2. The molecule has 24 heavy (non-hydrogen) atoms. The van der Waals surface area contributed by atoms with Crippen molar-refractivity contribution in [3.05, 3.63) is 40.8 Å². The Hall–Kier alpha value is -2.26. The monoisotopic (exact) mass is 346 g/mol. The third-order valence-corrected chi connectivity index (χ3v) is 2.81. The SMILES string of the molecule is CC(C)n1nc(-c2ccccc2)n[n+](C(C)C)c1=O.F[B-](F)(F)F. The van der Waals surface area contributed by atoms with E-state index in [9.17, 15) is 22.1 Å². The first kappa shape index (κ1) is 19.8. The zero-order chi connectivity index (χ0) is 18.5. The van der Waals surface area contributed by atoms with Gasteiger partial charge in [-0.3, -0.25) is 0 Å². The normalized spacial score (nSPS) is 11.4. The van der Waals surface area contributed by atoms with Crippen molar-refractivity contribution in [1.82, 2.24) is 14.9 Å². The lowest BCUT2D eigenvalue weighted by molar-refractivity contribution is -0.788. The van der Waals surface area contributed by atoms with Crippen molar-refractivity contribution in [2.75, 3.05) is 0 Å². The predicted molar refractivity (Wildman–Crippen MR) is 82.9 cm³/mol. The molecule has 1 aromatic carbocycles. The summed E-state index contributed by atoms with van der Waals surface area (Å²) in [7, 11) is -6.00. The second-order valence-electron chi connectivity index (χ2n) is 5.54. The fourth-order valence-corrected chi connectivity index (χ4v) is 1.79. The van der Waals surface area contributed by atoms with E-state index in [1.807, 2.05) is 58.0 Å². The Balaban J connectivity index is 0.000000505. The highest BCUT2D eigenvalue weighted by molar-refractivity contribution is 6.50. The zero-order valence-corrected chi connectivity index (χ0v) is 13.8. The maximum Gasteiger partial charge on any atom is 0.673 e. The molecule has 0 amide bonds. The molecule has 1 heterocycles. The Morgan fingerprint density at radius 2 is 1.54 bits per heavy atom. The molecule has 10 heteroatoms. The summed E-state index contributed by atoms with van der Waals surface area (Å²) in [6, 6.07) is 9.70. The minimum atomic E-state index is -6.00. The number of aromatic nitrogens is 4. The summed E-state index contributed by atoms with van der Waals surface area (Å²) in [5.41, 5.74) is 0.732. The van der Waals surface area contributed by atoms with Crippen LogP contribution in [0.5, 0.6) is 0 Å². The Bertz CT molecular complexity index is 679. The Kier molecular flexibility index (Phi) is 6.62. The molecule has 0 saturated heterocycles. The Morgan fingerprint density at radius 1 is 1.04 bits per heavy atom. The first-order chi connectivity index (χ1) is 11.0. The number of nitrogens with zero attached hydrogens (tertiary/aromatic N) is 4. The van der Waals surface area contributed by atoms with Crippen molar-refractivity contribution in [1.29, 1.82) is 0 Å². The van der Waals surface area contributed by atoms with Crippen molar-refractivity contribution in [3.8, 4) is 11.4 Å². The third kappa shape index (κ3) is 6.09. The lowest BCUT2D eigenvalue weighted by Crippen LogP contribution is -2.59. The average molecular weight is 346 g/mol. The quantitative estimate of drug-likeness (QED) is 0.488. The van der Waals surface area contributed by atoms with Crippen LogP contribution in [0.25, 0.3) is 11.4 Å². The lowest BCUT2D eigenvalue weighted by atomic mass is 10.2. The van der Waals surface area contributed by atoms with E-state index < -0.39 is 7.25 Å². The molecule has 0 atom stereocenters. The summed E-state index contributed by atoms with van der Waals surface area (Å²) >= 11 is 0. The second kappa shape index (κ2) is 8.03. The maximum absolute atomic E-state index is 12.2. The summed E-state index contributed by atoms with van der Waals surface area (Å²) in [5.74, 6) is 0.572. The largest absolute Gasteiger partial charge is 0.673 e. The van der Waals surface area contributed by atoms with Crippen molar-refractivity contribution in [3.63, 3.8) is 0 Å². The van der Waals surface area contributed by atoms with E-state index in [2.05, 4.69) is 10.2 Å². The van der Waals surface area contributed by atoms with Gasteiger partial charge in [-0.15, -0.1) is 0 Å². The van der Waals surface area contributed by atoms with Gasteiger partial charge in [0.2, 0.25) is 5.82 Å². The lowest BCUT2D eigenvalue weighted by Gasteiger charge is -2.07. The molecular weight excluding hydrogens is 327 g/mol. The van der Waals surface area contributed by atoms with Gasteiger partial charge < -0.3 is 17.3 Å². The molecule has 132 valence electrons. The topological polar surface area (TPSA) is 51.7 Å². The molecule has 0 fully saturated rings. The van der Waals surface area contributed by atoms with Gasteiger partial charge in [-0.1, -0.05) is 49.9 Å². The Morgan fingerprint density at radius 3 is 1.96 bits per heavy atom. The third-order valence-electron chi connectivity index (χ3n) is 2.81. The van der Waals surface area contributed by atoms with Crippen LogP contribution < -0.4 is 10.4 Å². The Labute approximate surface area is 137 Å². The molecule has 0 aliphatic heterocycles. The van der Waals surface area contributed by atoms with E-state index >= 15 is 0 Å². The summed E-state index contributed by atoms with van der Waals surface area (Å²) in [5, 5.41) is 8.71. The highest BCUT2D eigenvalue weighted by Crippen LogP contribution is 2.12. The average Bonchev–Trinajstić information content (AvgIpc) is 2.46. The van der Waals surface area contributed by atoms with E-state index in [-0.39, 0.29) is 17.8 Å². The number of halogens is 4. The van der Waals surface area contributed by atoms with Gasteiger partial charge in [-0.05, 0) is 27.7 Å². The first-order valence-corrected chi connectivity index (χ1v) is 7.36. The van der Waals surface area contributed by atoms with Crippen LogP contribution in [0.2, 0.25) is 0 Å². The van der Waals surface area contributed by atoms with Crippen LogP contribution in [0.15, 0.2) is 35.1 Å². The molecule has 0 spiro atoms. The molecule has 2 aromatic rings. The van der Waals surface area contributed by atoms with Gasteiger partial charge in [0.15, 0.2) is 0 Å². The number of hydrogen-bond donors (Lipinski definition) is 0. The van der Waals surface area contributed by atoms with Gasteiger partial charge in [-0.25, -0.2) is 0 Å². The summed E-state index contributed by atoms with van der Waals surface area (Å²) in [6.45, 7) is 7.75. The van der Waals surface area contributed by atoms with Crippen LogP contribution in [0.3, 0.4) is 0 Å². The van der Waals surface area contributed by atoms with Crippen LogP contribution in [-0.4, -0.2) is 22.1 Å². The fraction of sp³-hybridized carbons (Fsp3) is 0.429. The number of hydrogen-bond acceptors (Lipinski definition) is 3. The summed E-state index contributed by atoms with van der Waals surface area (Å²) in [6.07, 6.45) is 0. The van der Waals surface area contributed by atoms with Gasteiger partial charge in [0.1, 0.15) is 12.1 Å². The highest BCUT2D eigenvalue weighted by Gasteiger charge is 2.22. The van der Waals surface area contributed by atoms with E-state index in [1.54, 1.807) is 0 Å². The van der Waals surface area contributed by atoms with Crippen LogP contribution in [0.1, 0.15) is 39.8 Å². The minimum absolute atomic E-state index is 0.00274. The molecule has 0 aliphatic rings. The van der Waals surface area contributed by atoms with Gasteiger partial charge in [0.25, 0.3) is 0 Å². The number of rotatable bonds is 3. The van der Waals surface area contributed by atoms with Crippen LogP contribution in [0, 0.1) is 0 Å². The molecule has 0 radical (unpaired) electrons. The molecule has 5 nitrogen and oxygen atoms in total. The second-order valence-corrected chi connectivity index (χ2v) is 5.54. The molecule has 0 saturated carbocycles. The predicted octanol–water partition coefficient (Wildman–Crippen LogP) is 3.05. The smallest absolute Gasteiger partial charge is 0.418 e. The number of benzene rings is 1. The molecule has 1 aromatic heterocycles. The summed E-state index contributed by atoms with van der Waals surface area (Å²) < 4.78 is 42.0.